The minimum atomic E-state index is -3.81. The maximum Gasteiger partial charge on any atom is 0.267 e. The van der Waals surface area contributed by atoms with Crippen LogP contribution in [-0.2, 0) is 42.7 Å². The van der Waals surface area contributed by atoms with Crippen molar-refractivity contribution in [2.45, 2.75) is 69.5 Å². The highest BCUT2D eigenvalue weighted by molar-refractivity contribution is 7.89. The van der Waals surface area contributed by atoms with Crippen molar-refractivity contribution in [2.24, 2.45) is 0 Å². The summed E-state index contributed by atoms with van der Waals surface area (Å²) < 4.78 is 56.7. The zero-order valence-electron chi connectivity index (χ0n) is 34.3. The third kappa shape index (κ3) is 14.8. The van der Waals surface area contributed by atoms with Gasteiger partial charge < -0.3 is 0 Å². The van der Waals surface area contributed by atoms with E-state index >= 15 is 0 Å². The molecule has 2 amide bonds. The second kappa shape index (κ2) is 25.0. The molecule has 14 heteroatoms. The molecule has 1 unspecified atom stereocenters. The lowest BCUT2D eigenvalue weighted by atomic mass is 10.1. The van der Waals surface area contributed by atoms with Crippen molar-refractivity contribution in [1.82, 2.24) is 19.6 Å². The van der Waals surface area contributed by atoms with E-state index in [4.69, 9.17) is 10.4 Å². The third-order valence-corrected chi connectivity index (χ3v) is 12.6. The molecule has 318 valence electrons. The molecule has 0 aliphatic heterocycles. The summed E-state index contributed by atoms with van der Waals surface area (Å²) in [6.07, 6.45) is 6.77. The predicted molar refractivity (Wildman–Crippen MR) is 235 cm³/mol. The molecule has 0 saturated heterocycles. The zero-order valence-corrected chi connectivity index (χ0v) is 35.9. The Hall–Kier alpha value is -5.74. The highest BCUT2D eigenvalue weighted by Crippen LogP contribution is 2.29. The smallest absolute Gasteiger partial charge is 0.267 e. The van der Waals surface area contributed by atoms with E-state index in [9.17, 15) is 26.4 Å². The van der Waals surface area contributed by atoms with Crippen LogP contribution >= 0.6 is 0 Å². The lowest BCUT2D eigenvalue weighted by Crippen LogP contribution is -2.34. The number of unbranched alkanes of at least 4 members (excludes halogenated alkanes) is 1. The second-order valence-corrected chi connectivity index (χ2v) is 16.9. The Morgan fingerprint density at radius 3 is 1.45 bits per heavy atom. The van der Waals surface area contributed by atoms with E-state index in [-0.39, 0.29) is 28.9 Å². The van der Waals surface area contributed by atoms with Gasteiger partial charge >= 0.3 is 0 Å². The molecule has 0 saturated carbocycles. The highest BCUT2D eigenvalue weighted by Gasteiger charge is 2.30. The number of carbonyl (C=O) groups is 2. The van der Waals surface area contributed by atoms with Crippen LogP contribution in [0.4, 0.5) is 0 Å². The van der Waals surface area contributed by atoms with E-state index in [1.165, 1.54) is 49.9 Å². The summed E-state index contributed by atoms with van der Waals surface area (Å²) in [5.41, 5.74) is 6.77. The van der Waals surface area contributed by atoms with E-state index in [1.54, 1.807) is 30.3 Å². The van der Waals surface area contributed by atoms with Crippen LogP contribution in [0.5, 0.6) is 0 Å². The molecule has 0 aliphatic carbocycles. The first kappa shape index (κ1) is 48.6. The number of nitrogens with one attached hydrogen (secondary N) is 2. The lowest BCUT2D eigenvalue weighted by molar-refractivity contribution is -0.124. The number of amides is 2. The van der Waals surface area contributed by atoms with Gasteiger partial charge in [-0.15, -0.1) is 0 Å². The van der Waals surface area contributed by atoms with Crippen molar-refractivity contribution in [2.75, 3.05) is 6.54 Å². The fourth-order valence-corrected chi connectivity index (χ4v) is 8.98. The van der Waals surface area contributed by atoms with Gasteiger partial charge in [0.15, 0.2) is 0 Å². The van der Waals surface area contributed by atoms with Crippen LogP contribution in [0.2, 0.25) is 0 Å². The van der Waals surface area contributed by atoms with E-state index in [0.29, 0.717) is 17.7 Å². The summed E-state index contributed by atoms with van der Waals surface area (Å²) in [7, 11) is -7.55. The number of benzene rings is 5. The van der Waals surface area contributed by atoms with Crippen LogP contribution in [0.25, 0.3) is 12.2 Å². The summed E-state index contributed by atoms with van der Waals surface area (Å²) in [4.78, 5) is 22.7. The summed E-state index contributed by atoms with van der Waals surface area (Å²) in [5, 5.41) is 17.2. The van der Waals surface area contributed by atoms with E-state index in [0.717, 1.165) is 41.7 Å². The van der Waals surface area contributed by atoms with Gasteiger partial charge in [0.2, 0.25) is 20.0 Å². The molecule has 0 spiro atoms. The van der Waals surface area contributed by atoms with Gasteiger partial charge in [0.1, 0.15) is 0 Å². The molecule has 0 aromatic heterocycles. The average Bonchev–Trinajstić information content (AvgIpc) is 3.29. The van der Waals surface area contributed by atoms with Crippen LogP contribution < -0.4 is 11.0 Å². The van der Waals surface area contributed by atoms with Gasteiger partial charge in [-0.3, -0.25) is 20.0 Å². The van der Waals surface area contributed by atoms with E-state index < -0.39 is 31.9 Å². The summed E-state index contributed by atoms with van der Waals surface area (Å²) in [5.74, 6) is -1.38. The molecule has 1 atom stereocenters. The minimum absolute atomic E-state index is 0.126. The van der Waals surface area contributed by atoms with Crippen molar-refractivity contribution in [1.29, 1.82) is 0 Å². The molecule has 60 heavy (non-hydrogen) atoms. The first-order chi connectivity index (χ1) is 28.9. The zero-order chi connectivity index (χ0) is 44.0. The highest BCUT2D eigenvalue weighted by atomic mass is 32.2. The second-order valence-electron chi connectivity index (χ2n) is 13.1. The van der Waals surface area contributed by atoms with Gasteiger partial charge in [-0.1, -0.05) is 142 Å². The Morgan fingerprint density at radius 1 is 0.617 bits per heavy atom. The molecule has 0 fully saturated rings. The topological polar surface area (TPSA) is 173 Å². The maximum absolute atomic E-state index is 13.5. The normalized spacial score (nSPS) is 12.0. The predicted octanol–water partition coefficient (Wildman–Crippen LogP) is 8.38. The number of hydrogen-bond donors (Lipinski definition) is 4. The SMILES string of the molecule is CC.CCCCN(C(C)c1ccccc1)S(=O)(=O)c1cccc(/C=C/C(=O)NO)c1.O=C(/C=C/c1cccc(S(=O)(=O)N(Cc2ccccc2)Cc2ccccc2)c1)NO. The Kier molecular flexibility index (Phi) is 20.3. The molecule has 0 heterocycles. The molecule has 5 aromatic rings. The van der Waals surface area contributed by atoms with Crippen LogP contribution in [0.3, 0.4) is 0 Å². The van der Waals surface area contributed by atoms with Gasteiger partial charge in [0.05, 0.1) is 9.79 Å². The standard InChI is InChI=1S/C23H22N2O4S.C21H26N2O4S.C2H6/c26-23(24-27)15-14-19-12-7-13-22(16-19)30(28,29)25(17-20-8-3-1-4-9-20)18-21-10-5-2-6-11-21;1-3-4-15-23(17(2)19-10-6-5-7-11-19)28(26,27)20-12-8-9-18(16-20)13-14-21(24)22-25;1-2/h1-16,27H,17-18H2,(H,24,26);5-14,16-17,25H,3-4,15H2,1-2H3,(H,22,24);1-2H3/b15-14+;14-13+;. The fraction of sp³-hybridized carbons (Fsp3) is 0.217. The molecule has 0 radical (unpaired) electrons. The molecule has 0 aliphatic rings. The van der Waals surface area contributed by atoms with Crippen LogP contribution in [0.1, 0.15) is 74.4 Å². The van der Waals surface area contributed by atoms with Crippen molar-refractivity contribution in [3.63, 3.8) is 0 Å². The Labute approximate surface area is 354 Å². The quantitative estimate of drug-likeness (QED) is 0.0410. The van der Waals surface area contributed by atoms with Gasteiger partial charge in [0.25, 0.3) is 11.8 Å². The molecule has 5 aromatic carbocycles. The molecular weight excluding hydrogens is 801 g/mol. The summed E-state index contributed by atoms with van der Waals surface area (Å²) >= 11 is 0. The summed E-state index contributed by atoms with van der Waals surface area (Å²) in [6, 6.07) is 40.8. The maximum atomic E-state index is 13.5. The molecular formula is C46H54N4O8S2. The Morgan fingerprint density at radius 2 is 1.03 bits per heavy atom. The van der Waals surface area contributed by atoms with Crippen molar-refractivity contribution in [3.8, 4) is 0 Å². The van der Waals surface area contributed by atoms with Crippen molar-refractivity contribution < 1.29 is 36.8 Å². The number of hydroxylamine groups is 2. The van der Waals surface area contributed by atoms with Crippen molar-refractivity contribution in [3.05, 3.63) is 179 Å². The molecule has 0 bridgehead atoms. The minimum Gasteiger partial charge on any atom is -0.288 e. The van der Waals surface area contributed by atoms with Crippen molar-refractivity contribution >= 4 is 44.0 Å². The van der Waals surface area contributed by atoms with E-state index in [2.05, 4.69) is 0 Å². The van der Waals surface area contributed by atoms with Gasteiger partial charge in [-0.05, 0) is 77.6 Å². The Bertz CT molecular complexity index is 2320. The molecule has 12 nitrogen and oxygen atoms in total. The molecule has 4 N–H and O–H groups in total. The fourth-order valence-electron chi connectivity index (χ4n) is 5.79. The van der Waals surface area contributed by atoms with Crippen LogP contribution in [0.15, 0.2) is 161 Å². The first-order valence-electron chi connectivity index (χ1n) is 19.5. The number of carbonyl (C=O) groups excluding carboxylic acids is 2. The van der Waals surface area contributed by atoms with Gasteiger partial charge in [-0.2, -0.15) is 8.61 Å². The third-order valence-electron chi connectivity index (χ3n) is 8.88. The van der Waals surface area contributed by atoms with Crippen LogP contribution in [0, 0.1) is 0 Å². The van der Waals surface area contributed by atoms with E-state index in [1.807, 2.05) is 119 Å². The van der Waals surface area contributed by atoms with Crippen LogP contribution in [-0.4, -0.2) is 54.2 Å². The van der Waals surface area contributed by atoms with Gasteiger partial charge in [-0.25, -0.2) is 27.8 Å². The Balaban J connectivity index is 0.000000308. The number of rotatable bonds is 17. The monoisotopic (exact) mass is 854 g/mol. The largest absolute Gasteiger partial charge is 0.288 e. The molecule has 5 rings (SSSR count). The summed E-state index contributed by atoms with van der Waals surface area (Å²) in [6.45, 7) is 8.78. The number of hydrogen-bond acceptors (Lipinski definition) is 8. The first-order valence-corrected chi connectivity index (χ1v) is 22.4. The number of sulfonamides is 2. The van der Waals surface area contributed by atoms with Gasteiger partial charge in [0, 0.05) is 37.8 Å². The number of nitrogens with zero attached hydrogens (tertiary/aromatic N) is 2. The average molecular weight is 855 g/mol. The lowest BCUT2D eigenvalue weighted by Gasteiger charge is -2.29.